The fraction of sp³-hybridized carbons (Fsp3) is 0.600. The number of carbonyl (C=O) groups is 2. The molecule has 7 nitrogen and oxygen atoms in total. The lowest BCUT2D eigenvalue weighted by molar-refractivity contribution is 0.000337. The van der Waals surface area contributed by atoms with Gasteiger partial charge in [0.05, 0.1) is 5.56 Å². The van der Waals surface area contributed by atoms with E-state index in [1.165, 1.54) is 0 Å². The smallest absolute Gasteiger partial charge is 0.410 e. The van der Waals surface area contributed by atoms with Crippen molar-refractivity contribution in [3.63, 3.8) is 0 Å². The molecule has 1 unspecified atom stereocenters. The number of hydrogen-bond donors (Lipinski definition) is 1. The Morgan fingerprint density at radius 2 is 1.96 bits per heavy atom. The highest BCUT2D eigenvalue weighted by Gasteiger charge is 2.30. The summed E-state index contributed by atoms with van der Waals surface area (Å²) >= 11 is 0. The maximum absolute atomic E-state index is 12.3. The van der Waals surface area contributed by atoms with Crippen LogP contribution in [0.2, 0.25) is 0 Å². The Kier molecular flexibility index (Phi) is 6.70. The van der Waals surface area contributed by atoms with Crippen molar-refractivity contribution in [3.05, 3.63) is 29.3 Å². The van der Waals surface area contributed by atoms with Crippen LogP contribution in [-0.4, -0.2) is 71.4 Å². The van der Waals surface area contributed by atoms with E-state index in [-0.39, 0.29) is 17.7 Å². The van der Waals surface area contributed by atoms with E-state index >= 15 is 0 Å². The minimum absolute atomic E-state index is 0.0742. The molecule has 1 atom stereocenters. The van der Waals surface area contributed by atoms with E-state index in [0.29, 0.717) is 18.9 Å². The van der Waals surface area contributed by atoms with Crippen LogP contribution in [0.3, 0.4) is 0 Å². The number of aryl methyl sites for hydroxylation is 1. The monoisotopic (exact) mass is 378 g/mol. The molecule has 0 radical (unpaired) electrons. The van der Waals surface area contributed by atoms with E-state index in [0.717, 1.165) is 25.2 Å². The molecule has 1 aliphatic rings. The standard InChI is InChI=1S/C20H30N2O5/c1-14-12-16(18(23)24)6-7-17(14)26-11-10-21-8-9-22(15(2)13-21)19(25)27-20(3,4)5/h6-7,12,15H,8-11,13H2,1-5H3,(H,23,24). The lowest BCUT2D eigenvalue weighted by atomic mass is 10.1. The minimum atomic E-state index is -0.943. The molecule has 1 fully saturated rings. The number of amides is 1. The first-order chi connectivity index (χ1) is 12.6. The first kappa shape index (κ1) is 21.0. The Balaban J connectivity index is 1.80. The van der Waals surface area contributed by atoms with Crippen LogP contribution in [-0.2, 0) is 4.74 Å². The summed E-state index contributed by atoms with van der Waals surface area (Å²) in [4.78, 5) is 27.3. The predicted octanol–water partition coefficient (Wildman–Crippen LogP) is 3.01. The maximum Gasteiger partial charge on any atom is 0.410 e. The van der Waals surface area contributed by atoms with Gasteiger partial charge in [-0.3, -0.25) is 4.90 Å². The quantitative estimate of drug-likeness (QED) is 0.848. The first-order valence-corrected chi connectivity index (χ1v) is 9.25. The third-order valence-corrected chi connectivity index (χ3v) is 4.43. The van der Waals surface area contributed by atoms with Crippen molar-refractivity contribution in [2.75, 3.05) is 32.8 Å². The summed E-state index contributed by atoms with van der Waals surface area (Å²) in [7, 11) is 0. The van der Waals surface area contributed by atoms with Gasteiger partial charge in [0.25, 0.3) is 0 Å². The zero-order valence-electron chi connectivity index (χ0n) is 16.8. The average Bonchev–Trinajstić information content (AvgIpc) is 2.54. The second kappa shape index (κ2) is 8.61. The number of carbonyl (C=O) groups excluding carboxylic acids is 1. The molecule has 1 aliphatic heterocycles. The molecule has 0 bridgehead atoms. The van der Waals surface area contributed by atoms with Crippen LogP contribution >= 0.6 is 0 Å². The van der Waals surface area contributed by atoms with Gasteiger partial charge in [-0.2, -0.15) is 0 Å². The fourth-order valence-electron chi connectivity index (χ4n) is 3.06. The largest absolute Gasteiger partial charge is 0.492 e. The van der Waals surface area contributed by atoms with Crippen molar-refractivity contribution < 1.29 is 24.2 Å². The number of ether oxygens (including phenoxy) is 2. The summed E-state index contributed by atoms with van der Waals surface area (Å²) in [5.74, 6) is -0.248. The molecule has 1 aromatic rings. The molecule has 1 heterocycles. The van der Waals surface area contributed by atoms with Gasteiger partial charge in [0, 0.05) is 32.2 Å². The first-order valence-electron chi connectivity index (χ1n) is 9.25. The van der Waals surface area contributed by atoms with Crippen molar-refractivity contribution in [3.8, 4) is 5.75 Å². The molecule has 0 aromatic heterocycles. The Morgan fingerprint density at radius 3 is 2.52 bits per heavy atom. The summed E-state index contributed by atoms with van der Waals surface area (Å²) in [5.41, 5.74) is 0.570. The van der Waals surface area contributed by atoms with Gasteiger partial charge >= 0.3 is 12.1 Å². The van der Waals surface area contributed by atoms with Crippen LogP contribution in [0.4, 0.5) is 4.79 Å². The minimum Gasteiger partial charge on any atom is -0.492 e. The fourth-order valence-corrected chi connectivity index (χ4v) is 3.06. The van der Waals surface area contributed by atoms with Crippen LogP contribution in [0.5, 0.6) is 5.75 Å². The normalized spacial score (nSPS) is 18.3. The third-order valence-electron chi connectivity index (χ3n) is 4.43. The van der Waals surface area contributed by atoms with E-state index in [1.54, 1.807) is 23.1 Å². The lowest BCUT2D eigenvalue weighted by Gasteiger charge is -2.40. The lowest BCUT2D eigenvalue weighted by Crippen LogP contribution is -2.55. The molecule has 0 aliphatic carbocycles. The van der Waals surface area contributed by atoms with Crippen molar-refractivity contribution in [2.45, 2.75) is 46.3 Å². The van der Waals surface area contributed by atoms with Gasteiger partial charge in [0.15, 0.2) is 0 Å². The van der Waals surface area contributed by atoms with E-state index in [2.05, 4.69) is 4.90 Å². The number of nitrogens with zero attached hydrogens (tertiary/aromatic N) is 2. The number of aromatic carboxylic acids is 1. The van der Waals surface area contributed by atoms with Crippen molar-refractivity contribution in [1.29, 1.82) is 0 Å². The van der Waals surface area contributed by atoms with Crippen LogP contribution in [0.15, 0.2) is 18.2 Å². The molecule has 1 saturated heterocycles. The van der Waals surface area contributed by atoms with E-state index in [4.69, 9.17) is 14.6 Å². The van der Waals surface area contributed by atoms with Crippen molar-refractivity contribution in [1.82, 2.24) is 9.80 Å². The van der Waals surface area contributed by atoms with E-state index in [9.17, 15) is 9.59 Å². The molecular formula is C20H30N2O5. The molecule has 1 aromatic carbocycles. The van der Waals surface area contributed by atoms with Gasteiger partial charge in [-0.25, -0.2) is 9.59 Å². The van der Waals surface area contributed by atoms with Crippen molar-refractivity contribution >= 4 is 12.1 Å². The Morgan fingerprint density at radius 1 is 1.26 bits per heavy atom. The molecule has 0 saturated carbocycles. The SMILES string of the molecule is Cc1cc(C(=O)O)ccc1OCCN1CCN(C(=O)OC(C)(C)C)C(C)C1. The highest BCUT2D eigenvalue weighted by molar-refractivity contribution is 5.88. The second-order valence-corrected chi connectivity index (χ2v) is 7.96. The van der Waals surface area contributed by atoms with E-state index < -0.39 is 11.6 Å². The van der Waals surface area contributed by atoms with Crippen LogP contribution in [0.1, 0.15) is 43.6 Å². The summed E-state index contributed by atoms with van der Waals surface area (Å²) in [6.45, 7) is 12.9. The Hall–Kier alpha value is -2.28. The number of benzene rings is 1. The predicted molar refractivity (Wildman–Crippen MR) is 102 cm³/mol. The molecule has 1 N–H and O–H groups in total. The van der Waals surface area contributed by atoms with E-state index in [1.807, 2.05) is 34.6 Å². The van der Waals surface area contributed by atoms with Gasteiger partial charge in [0.2, 0.25) is 0 Å². The van der Waals surface area contributed by atoms with Crippen LogP contribution in [0, 0.1) is 6.92 Å². The molecule has 0 spiro atoms. The third kappa shape index (κ3) is 6.13. The number of piperazine rings is 1. The van der Waals surface area contributed by atoms with Gasteiger partial charge < -0.3 is 19.5 Å². The van der Waals surface area contributed by atoms with Crippen LogP contribution < -0.4 is 4.74 Å². The van der Waals surface area contributed by atoms with Gasteiger partial charge in [-0.05, 0) is 58.4 Å². The molecular weight excluding hydrogens is 348 g/mol. The highest BCUT2D eigenvalue weighted by Crippen LogP contribution is 2.20. The number of rotatable bonds is 5. The van der Waals surface area contributed by atoms with Crippen LogP contribution in [0.25, 0.3) is 0 Å². The van der Waals surface area contributed by atoms with Crippen molar-refractivity contribution in [2.24, 2.45) is 0 Å². The molecule has 2 rings (SSSR count). The highest BCUT2D eigenvalue weighted by atomic mass is 16.6. The van der Waals surface area contributed by atoms with Gasteiger partial charge in [-0.15, -0.1) is 0 Å². The molecule has 7 heteroatoms. The molecule has 27 heavy (non-hydrogen) atoms. The summed E-state index contributed by atoms with van der Waals surface area (Å²) < 4.78 is 11.3. The number of carboxylic acid groups (broad SMARTS) is 1. The summed E-state index contributed by atoms with van der Waals surface area (Å²) in [6, 6.07) is 4.93. The zero-order chi connectivity index (χ0) is 20.2. The molecule has 1 amide bonds. The van der Waals surface area contributed by atoms with Gasteiger partial charge in [0.1, 0.15) is 18.0 Å². The maximum atomic E-state index is 12.3. The Labute approximate surface area is 160 Å². The summed E-state index contributed by atoms with van der Waals surface area (Å²) in [5, 5.41) is 9.01. The topological polar surface area (TPSA) is 79.3 Å². The average molecular weight is 378 g/mol. The second-order valence-electron chi connectivity index (χ2n) is 7.96. The number of carboxylic acids is 1. The zero-order valence-corrected chi connectivity index (χ0v) is 16.8. The number of hydrogen-bond acceptors (Lipinski definition) is 5. The summed E-state index contributed by atoms with van der Waals surface area (Å²) in [6.07, 6.45) is -0.264. The van der Waals surface area contributed by atoms with Gasteiger partial charge in [-0.1, -0.05) is 0 Å². The Bertz CT molecular complexity index is 683. The molecule has 150 valence electrons.